The molecule has 0 aromatic heterocycles. The number of benzene rings is 2. The van der Waals surface area contributed by atoms with E-state index in [9.17, 15) is 4.79 Å². The van der Waals surface area contributed by atoms with Crippen molar-refractivity contribution in [1.29, 1.82) is 0 Å². The van der Waals surface area contributed by atoms with Crippen molar-refractivity contribution in [2.24, 2.45) is 0 Å². The van der Waals surface area contributed by atoms with E-state index in [1.807, 2.05) is 6.07 Å². The fourth-order valence-corrected chi connectivity index (χ4v) is 2.56. The van der Waals surface area contributed by atoms with E-state index in [2.05, 4.69) is 10.6 Å². The summed E-state index contributed by atoms with van der Waals surface area (Å²) >= 11 is 5.19. The second kappa shape index (κ2) is 10.2. The maximum atomic E-state index is 12.1. The topological polar surface area (TPSA) is 78.1 Å². The maximum absolute atomic E-state index is 12.1. The zero-order chi connectivity index (χ0) is 20.5. The van der Waals surface area contributed by atoms with Crippen molar-refractivity contribution in [1.82, 2.24) is 5.32 Å². The average molecular weight is 402 g/mol. The molecule has 0 fully saturated rings. The van der Waals surface area contributed by atoms with Crippen molar-refractivity contribution in [3.8, 4) is 23.0 Å². The lowest BCUT2D eigenvalue weighted by molar-refractivity contribution is -0.115. The van der Waals surface area contributed by atoms with Gasteiger partial charge in [-0.1, -0.05) is 6.07 Å². The van der Waals surface area contributed by atoms with Gasteiger partial charge in [0.25, 0.3) is 0 Å². The summed E-state index contributed by atoms with van der Waals surface area (Å²) in [6, 6.07) is 10.6. The number of carbonyl (C=O) groups excluding carboxylic acids is 1. The van der Waals surface area contributed by atoms with Crippen LogP contribution in [0.3, 0.4) is 0 Å². The number of thiocarbonyl (C=S) groups is 1. The number of rotatable bonds is 7. The molecule has 0 radical (unpaired) electrons. The first kappa shape index (κ1) is 21.0. The average Bonchev–Trinajstić information content (AvgIpc) is 2.71. The molecule has 0 atom stereocenters. The van der Waals surface area contributed by atoms with Gasteiger partial charge in [-0.05, 0) is 48.1 Å². The van der Waals surface area contributed by atoms with Gasteiger partial charge in [-0.25, -0.2) is 0 Å². The Morgan fingerprint density at radius 1 is 0.893 bits per heavy atom. The van der Waals surface area contributed by atoms with Gasteiger partial charge in [-0.2, -0.15) is 0 Å². The Morgan fingerprint density at radius 2 is 1.57 bits per heavy atom. The summed E-state index contributed by atoms with van der Waals surface area (Å²) in [5, 5.41) is 5.64. The van der Waals surface area contributed by atoms with Crippen molar-refractivity contribution in [2.75, 3.05) is 33.8 Å². The van der Waals surface area contributed by atoms with E-state index in [1.54, 1.807) is 64.8 Å². The van der Waals surface area contributed by atoms with Crippen molar-refractivity contribution < 1.29 is 23.7 Å². The summed E-state index contributed by atoms with van der Waals surface area (Å²) in [5.74, 6) is 2.01. The third-order valence-corrected chi connectivity index (χ3v) is 3.93. The molecule has 2 aromatic carbocycles. The van der Waals surface area contributed by atoms with Crippen LogP contribution in [0.4, 0.5) is 5.69 Å². The molecule has 2 rings (SSSR count). The zero-order valence-corrected chi connectivity index (χ0v) is 16.9. The Bertz CT molecular complexity index is 883. The van der Waals surface area contributed by atoms with Crippen molar-refractivity contribution >= 4 is 35.0 Å². The van der Waals surface area contributed by atoms with Crippen LogP contribution in [-0.4, -0.2) is 39.5 Å². The van der Waals surface area contributed by atoms with Crippen molar-refractivity contribution in [3.63, 3.8) is 0 Å². The van der Waals surface area contributed by atoms with Crippen LogP contribution in [0.25, 0.3) is 6.08 Å². The van der Waals surface area contributed by atoms with Gasteiger partial charge in [-0.3, -0.25) is 10.1 Å². The molecule has 148 valence electrons. The highest BCUT2D eigenvalue weighted by molar-refractivity contribution is 7.80. The quantitative estimate of drug-likeness (QED) is 0.544. The molecule has 0 heterocycles. The highest BCUT2D eigenvalue weighted by Gasteiger charge is 2.08. The monoisotopic (exact) mass is 402 g/mol. The van der Waals surface area contributed by atoms with E-state index in [0.717, 1.165) is 5.56 Å². The van der Waals surface area contributed by atoms with E-state index in [0.29, 0.717) is 28.7 Å². The molecule has 0 unspecified atom stereocenters. The number of amides is 1. The summed E-state index contributed by atoms with van der Waals surface area (Å²) in [7, 11) is 6.21. The number of carbonyl (C=O) groups is 1. The Balaban J connectivity index is 2.01. The molecule has 7 nitrogen and oxygen atoms in total. The van der Waals surface area contributed by atoms with Crippen LogP contribution in [0.5, 0.6) is 23.0 Å². The normalized spacial score (nSPS) is 10.3. The van der Waals surface area contributed by atoms with Crippen LogP contribution in [-0.2, 0) is 4.79 Å². The second-order valence-corrected chi connectivity index (χ2v) is 5.87. The third kappa shape index (κ3) is 5.62. The molecular formula is C20H22N2O5S. The summed E-state index contributed by atoms with van der Waals surface area (Å²) in [6.07, 6.45) is 3.02. The zero-order valence-electron chi connectivity index (χ0n) is 16.1. The lowest BCUT2D eigenvalue weighted by atomic mass is 10.2. The fourth-order valence-electron chi connectivity index (χ4n) is 2.35. The number of ether oxygens (including phenoxy) is 4. The highest BCUT2D eigenvalue weighted by atomic mass is 32.1. The number of anilines is 1. The minimum absolute atomic E-state index is 0.133. The van der Waals surface area contributed by atoms with Gasteiger partial charge in [0.15, 0.2) is 16.6 Å². The SMILES string of the molecule is COc1ccc(OC)c(NC(=S)NC(=O)/C=C/c2ccc(OC)c(OC)c2)c1. The predicted octanol–water partition coefficient (Wildman–Crippen LogP) is 3.25. The molecule has 0 aliphatic carbocycles. The number of methoxy groups -OCH3 is 4. The predicted molar refractivity (Wildman–Crippen MR) is 112 cm³/mol. The first-order valence-electron chi connectivity index (χ1n) is 8.24. The van der Waals surface area contributed by atoms with E-state index in [-0.39, 0.29) is 11.0 Å². The maximum Gasteiger partial charge on any atom is 0.250 e. The number of hydrogen-bond acceptors (Lipinski definition) is 6. The highest BCUT2D eigenvalue weighted by Crippen LogP contribution is 2.29. The minimum Gasteiger partial charge on any atom is -0.497 e. The smallest absolute Gasteiger partial charge is 0.250 e. The van der Waals surface area contributed by atoms with Crippen LogP contribution >= 0.6 is 12.2 Å². The summed E-state index contributed by atoms with van der Waals surface area (Å²) in [4.78, 5) is 12.1. The van der Waals surface area contributed by atoms with E-state index >= 15 is 0 Å². The molecule has 0 saturated heterocycles. The number of nitrogens with one attached hydrogen (secondary N) is 2. The molecule has 8 heteroatoms. The summed E-state index contributed by atoms with van der Waals surface area (Å²) in [6.45, 7) is 0. The molecular weight excluding hydrogens is 380 g/mol. The van der Waals surface area contributed by atoms with Crippen LogP contribution < -0.4 is 29.6 Å². The number of hydrogen-bond donors (Lipinski definition) is 2. The molecule has 0 saturated carbocycles. The van der Waals surface area contributed by atoms with Gasteiger partial charge in [0.05, 0.1) is 34.1 Å². The lowest BCUT2D eigenvalue weighted by Crippen LogP contribution is -2.32. The molecule has 2 aromatic rings. The third-order valence-electron chi connectivity index (χ3n) is 3.73. The minimum atomic E-state index is -0.380. The van der Waals surface area contributed by atoms with Gasteiger partial charge < -0.3 is 24.3 Å². The van der Waals surface area contributed by atoms with Gasteiger partial charge in [0, 0.05) is 12.1 Å². The van der Waals surface area contributed by atoms with Crippen molar-refractivity contribution in [3.05, 3.63) is 48.0 Å². The van der Waals surface area contributed by atoms with Gasteiger partial charge in [0.1, 0.15) is 11.5 Å². The Hall–Kier alpha value is -3.26. The summed E-state index contributed by atoms with van der Waals surface area (Å²) in [5.41, 5.74) is 1.36. The van der Waals surface area contributed by atoms with Crippen LogP contribution in [0.2, 0.25) is 0 Å². The van der Waals surface area contributed by atoms with Crippen LogP contribution in [0.1, 0.15) is 5.56 Å². The van der Waals surface area contributed by atoms with E-state index < -0.39 is 0 Å². The van der Waals surface area contributed by atoms with Crippen LogP contribution in [0, 0.1) is 0 Å². The Labute approximate surface area is 169 Å². The molecule has 2 N–H and O–H groups in total. The first-order valence-corrected chi connectivity index (χ1v) is 8.65. The first-order chi connectivity index (χ1) is 13.5. The molecule has 0 aliphatic heterocycles. The fraction of sp³-hybridized carbons (Fsp3) is 0.200. The largest absolute Gasteiger partial charge is 0.497 e. The van der Waals surface area contributed by atoms with Gasteiger partial charge >= 0.3 is 0 Å². The lowest BCUT2D eigenvalue weighted by Gasteiger charge is -2.13. The second-order valence-electron chi connectivity index (χ2n) is 5.46. The molecule has 28 heavy (non-hydrogen) atoms. The molecule has 0 bridgehead atoms. The summed E-state index contributed by atoms with van der Waals surface area (Å²) < 4.78 is 20.9. The molecule has 0 aliphatic rings. The molecule has 1 amide bonds. The molecule has 0 spiro atoms. The van der Waals surface area contributed by atoms with E-state index in [4.69, 9.17) is 31.2 Å². The van der Waals surface area contributed by atoms with Crippen LogP contribution in [0.15, 0.2) is 42.5 Å². The Kier molecular flexibility index (Phi) is 7.65. The van der Waals surface area contributed by atoms with Gasteiger partial charge in [-0.15, -0.1) is 0 Å². The standard InChI is InChI=1S/C20H22N2O5S/c1-24-14-7-9-16(25-2)15(12-14)21-20(28)22-19(23)10-6-13-5-8-17(26-3)18(11-13)27-4/h5-12H,1-4H3,(H2,21,22,23,28)/b10-6+. The van der Waals surface area contributed by atoms with Crippen molar-refractivity contribution in [2.45, 2.75) is 0 Å². The van der Waals surface area contributed by atoms with E-state index in [1.165, 1.54) is 6.08 Å². The Morgan fingerprint density at radius 3 is 2.21 bits per heavy atom. The van der Waals surface area contributed by atoms with Gasteiger partial charge in [0.2, 0.25) is 5.91 Å².